The Bertz CT molecular complexity index is 770. The predicted octanol–water partition coefficient (Wildman–Crippen LogP) is 2.29. The Balaban J connectivity index is 1.61. The molecule has 0 bridgehead atoms. The summed E-state index contributed by atoms with van der Waals surface area (Å²) in [4.78, 5) is 26.0. The van der Waals surface area contributed by atoms with E-state index in [1.165, 1.54) is 12.1 Å². The van der Waals surface area contributed by atoms with Gasteiger partial charge in [0.15, 0.2) is 0 Å². The zero-order valence-corrected chi connectivity index (χ0v) is 15.6. The molecule has 0 aromatic heterocycles. The first-order valence-corrected chi connectivity index (χ1v) is 10.5. The minimum atomic E-state index is -3.90. The maximum absolute atomic E-state index is 12.8. The quantitative estimate of drug-likeness (QED) is 0.604. The number of imide groups is 1. The number of carbonyl (C=O) groups is 2. The Kier molecular flexibility index (Phi) is 5.22. The summed E-state index contributed by atoms with van der Waals surface area (Å²) in [7, 11) is -3.90. The van der Waals surface area contributed by atoms with E-state index >= 15 is 0 Å². The maximum Gasteiger partial charge on any atom is 0.325 e. The molecule has 1 spiro atoms. The van der Waals surface area contributed by atoms with Crippen LogP contribution in [0.5, 0.6) is 5.75 Å². The summed E-state index contributed by atoms with van der Waals surface area (Å²) in [5, 5.41) is 2.80. The van der Waals surface area contributed by atoms with Gasteiger partial charge in [-0.05, 0) is 43.7 Å². The number of rotatable bonds is 6. The van der Waals surface area contributed by atoms with Gasteiger partial charge in [0.2, 0.25) is 0 Å². The van der Waals surface area contributed by atoms with Crippen molar-refractivity contribution in [2.45, 2.75) is 44.6 Å². The van der Waals surface area contributed by atoms with Crippen molar-refractivity contribution in [2.75, 3.05) is 12.3 Å². The van der Waals surface area contributed by atoms with Gasteiger partial charge in [0, 0.05) is 6.54 Å². The molecule has 1 saturated heterocycles. The number of amides is 3. The van der Waals surface area contributed by atoms with Crippen LogP contribution in [-0.2, 0) is 14.9 Å². The highest BCUT2D eigenvalue weighted by Crippen LogP contribution is 2.37. The van der Waals surface area contributed by atoms with Crippen molar-refractivity contribution < 1.29 is 22.2 Å². The van der Waals surface area contributed by atoms with E-state index < -0.39 is 27.4 Å². The Morgan fingerprint density at radius 1 is 1.19 bits per heavy atom. The zero-order valence-electron chi connectivity index (χ0n) is 14.8. The lowest BCUT2D eigenvalue weighted by Crippen LogP contribution is -2.49. The molecule has 0 radical (unpaired) electrons. The Hall–Kier alpha value is -2.09. The molecular weight excluding hydrogens is 356 g/mol. The van der Waals surface area contributed by atoms with Crippen molar-refractivity contribution in [1.82, 2.24) is 10.2 Å². The van der Waals surface area contributed by atoms with Gasteiger partial charge in [-0.1, -0.05) is 31.5 Å². The molecule has 26 heavy (non-hydrogen) atoms. The van der Waals surface area contributed by atoms with E-state index in [-0.39, 0.29) is 18.2 Å². The molecule has 1 aromatic carbocycles. The number of hydrogen-bond acceptors (Lipinski definition) is 5. The first kappa shape index (κ1) is 18.7. The summed E-state index contributed by atoms with van der Waals surface area (Å²) < 4.78 is 29.3. The molecule has 1 saturated carbocycles. The van der Waals surface area contributed by atoms with E-state index in [1.54, 1.807) is 18.2 Å². The van der Waals surface area contributed by atoms with Gasteiger partial charge in [-0.2, -0.15) is 8.42 Å². The number of urea groups is 1. The van der Waals surface area contributed by atoms with Crippen molar-refractivity contribution in [1.29, 1.82) is 0 Å². The van der Waals surface area contributed by atoms with Gasteiger partial charge in [0.05, 0.1) is 0 Å². The summed E-state index contributed by atoms with van der Waals surface area (Å²) in [6, 6.07) is 7.63. The molecule has 1 aliphatic carbocycles. The molecule has 2 aliphatic rings. The van der Waals surface area contributed by atoms with Crippen molar-refractivity contribution in [3.8, 4) is 5.75 Å². The van der Waals surface area contributed by atoms with Crippen molar-refractivity contribution in [3.63, 3.8) is 0 Å². The largest absolute Gasteiger partial charge is 0.382 e. The number of benzene rings is 1. The molecule has 1 heterocycles. The fraction of sp³-hybridized carbons (Fsp3) is 0.556. The van der Waals surface area contributed by atoms with Crippen molar-refractivity contribution >= 4 is 22.1 Å². The van der Waals surface area contributed by atoms with E-state index in [4.69, 9.17) is 4.18 Å². The molecule has 1 N–H and O–H groups in total. The van der Waals surface area contributed by atoms with Gasteiger partial charge >= 0.3 is 16.1 Å². The van der Waals surface area contributed by atoms with Crippen LogP contribution in [0, 0.1) is 5.92 Å². The lowest BCUT2D eigenvalue weighted by Gasteiger charge is -2.34. The van der Waals surface area contributed by atoms with E-state index in [9.17, 15) is 18.0 Å². The van der Waals surface area contributed by atoms with Crippen molar-refractivity contribution in [3.05, 3.63) is 30.3 Å². The van der Waals surface area contributed by atoms with Gasteiger partial charge < -0.3 is 9.50 Å². The highest BCUT2D eigenvalue weighted by Gasteiger charge is 2.52. The Morgan fingerprint density at radius 2 is 1.85 bits per heavy atom. The van der Waals surface area contributed by atoms with Crippen LogP contribution in [0.4, 0.5) is 4.79 Å². The van der Waals surface area contributed by atoms with Crippen LogP contribution in [-0.4, -0.2) is 43.1 Å². The van der Waals surface area contributed by atoms with Crippen LogP contribution in [0.1, 0.15) is 39.0 Å². The first-order valence-electron chi connectivity index (χ1n) is 8.96. The molecule has 0 unspecified atom stereocenters. The molecule has 1 aromatic rings. The molecule has 2 fully saturated rings. The lowest BCUT2D eigenvalue weighted by molar-refractivity contribution is -0.132. The normalized spacial score (nSPS) is 26.2. The predicted molar refractivity (Wildman–Crippen MR) is 96.1 cm³/mol. The number of nitrogens with one attached hydrogen (secondary N) is 1. The van der Waals surface area contributed by atoms with Crippen LogP contribution >= 0.6 is 0 Å². The average molecular weight is 380 g/mol. The SMILES string of the molecule is CCC1CCC2(CC1)NC(=O)N(CCS(=O)(=O)Oc1ccccc1)C2=O. The highest BCUT2D eigenvalue weighted by molar-refractivity contribution is 7.87. The molecule has 1 aliphatic heterocycles. The second kappa shape index (κ2) is 7.26. The van der Waals surface area contributed by atoms with Crippen LogP contribution < -0.4 is 9.50 Å². The second-order valence-electron chi connectivity index (χ2n) is 6.98. The van der Waals surface area contributed by atoms with E-state index in [1.807, 2.05) is 0 Å². The van der Waals surface area contributed by atoms with Gasteiger partial charge in [-0.3, -0.25) is 9.69 Å². The standard InChI is InChI=1S/C18H24N2O5S/c1-2-14-8-10-18(11-9-14)16(21)20(17(22)19-18)12-13-26(23,24)25-15-6-4-3-5-7-15/h3-7,14H,2,8-13H2,1H3,(H,19,22). The van der Waals surface area contributed by atoms with Crippen LogP contribution in [0.25, 0.3) is 0 Å². The van der Waals surface area contributed by atoms with Crippen LogP contribution in [0.2, 0.25) is 0 Å². The number of nitrogens with zero attached hydrogens (tertiary/aromatic N) is 1. The summed E-state index contributed by atoms with van der Waals surface area (Å²) in [5.74, 6) is 0.0411. The topological polar surface area (TPSA) is 92.8 Å². The minimum absolute atomic E-state index is 0.207. The van der Waals surface area contributed by atoms with Crippen LogP contribution in [0.3, 0.4) is 0 Å². The van der Waals surface area contributed by atoms with Gasteiger partial charge in [0.1, 0.15) is 17.0 Å². The third kappa shape index (κ3) is 3.85. The summed E-state index contributed by atoms with van der Waals surface area (Å²) in [6.07, 6.45) is 4.08. The lowest BCUT2D eigenvalue weighted by atomic mass is 9.75. The summed E-state index contributed by atoms with van der Waals surface area (Å²) in [6.45, 7) is 1.92. The maximum atomic E-state index is 12.8. The van der Waals surface area contributed by atoms with Crippen LogP contribution in [0.15, 0.2) is 30.3 Å². The van der Waals surface area contributed by atoms with Gasteiger partial charge in [0.25, 0.3) is 5.91 Å². The van der Waals surface area contributed by atoms with E-state index in [2.05, 4.69) is 12.2 Å². The molecule has 3 amide bonds. The highest BCUT2D eigenvalue weighted by atomic mass is 32.2. The second-order valence-corrected chi connectivity index (χ2v) is 8.67. The van der Waals surface area contributed by atoms with E-state index in [0.29, 0.717) is 18.8 Å². The molecule has 7 nitrogen and oxygen atoms in total. The van der Waals surface area contributed by atoms with Gasteiger partial charge in [-0.25, -0.2) is 4.79 Å². The molecule has 3 rings (SSSR count). The number of para-hydroxylation sites is 1. The number of hydrogen-bond donors (Lipinski definition) is 1. The fourth-order valence-corrected chi connectivity index (χ4v) is 4.56. The Labute approximate surface area is 153 Å². The van der Waals surface area contributed by atoms with E-state index in [0.717, 1.165) is 24.2 Å². The molecule has 0 atom stereocenters. The smallest absolute Gasteiger partial charge is 0.325 e. The third-order valence-electron chi connectivity index (χ3n) is 5.31. The molecular formula is C18H24N2O5S. The molecule has 8 heteroatoms. The Morgan fingerprint density at radius 3 is 2.46 bits per heavy atom. The first-order chi connectivity index (χ1) is 12.4. The molecule has 142 valence electrons. The number of carbonyl (C=O) groups excluding carboxylic acids is 2. The fourth-order valence-electron chi connectivity index (χ4n) is 3.66. The summed E-state index contributed by atoms with van der Waals surface area (Å²) in [5.41, 5.74) is -0.854. The third-order valence-corrected chi connectivity index (χ3v) is 6.44. The zero-order chi connectivity index (χ0) is 18.8. The monoisotopic (exact) mass is 380 g/mol. The average Bonchev–Trinajstić information content (AvgIpc) is 2.84. The summed E-state index contributed by atoms with van der Waals surface area (Å²) >= 11 is 0. The van der Waals surface area contributed by atoms with Crippen molar-refractivity contribution in [2.24, 2.45) is 5.92 Å². The van der Waals surface area contributed by atoms with Gasteiger partial charge in [-0.15, -0.1) is 0 Å². The minimum Gasteiger partial charge on any atom is -0.382 e.